The van der Waals surface area contributed by atoms with E-state index in [2.05, 4.69) is 400 Å². The molecule has 6 aromatic carbocycles. The number of rotatable bonds is 63. The molecule has 3 atom stereocenters. The van der Waals surface area contributed by atoms with Gasteiger partial charge in [0.2, 0.25) is 0 Å². The van der Waals surface area contributed by atoms with Gasteiger partial charge in [-0.1, -0.05) is 670 Å². The van der Waals surface area contributed by atoms with E-state index < -0.39 is 25.4 Å². The molecule has 0 heterocycles. The second kappa shape index (κ2) is 58.8. The number of unbranched alkanes of at least 4 members (excludes halogenated alkanes) is 39. The van der Waals surface area contributed by atoms with Crippen molar-refractivity contribution in [3.8, 4) is 0 Å². The standard InChI is InChI=1S/C144H243O3P/c1-43-49-52-55-58-61-64-67-70-73-76-79-82-85-88-109(46-4)142(118-97-91-112(130(7,8)9)103-124(118)136(25,26)27,119-98-92-113(131(10,11)12)104-125(119)137(28,29)30)145-148(146-143(120-99-93-114(132(13,14)15)105-126(120)138(31,32)33,121-100-94-115(133(16,17)18)106-127(121)139(34,35)36)110(47-5)89-86-83-80-77-74-71-68-65-62-59-56-53-50-44-2)147-144(122-101-95-116(134(19,20)21)107-128(122)140(37,38)39,123-102-96-117(135(22,23)24)108-129(123)141(40,41)42)111(48-6)90-87-84-81-78-75-72-69-66-63-60-57-54-51-45-3/h91-111H,43-90H2,1-42H3. The third-order valence-electron chi connectivity index (χ3n) is 34.1. The summed E-state index contributed by atoms with van der Waals surface area (Å²) in [6.45, 7) is 104. The zero-order chi connectivity index (χ0) is 111. The van der Waals surface area contributed by atoms with E-state index in [0.717, 1.165) is 77.0 Å². The summed E-state index contributed by atoms with van der Waals surface area (Å²) in [6, 6.07) is 47.3. The fourth-order valence-electron chi connectivity index (χ4n) is 24.3. The van der Waals surface area contributed by atoms with Crippen LogP contribution in [0.3, 0.4) is 0 Å². The summed E-state index contributed by atoms with van der Waals surface area (Å²) in [5.74, 6) is -0.281. The van der Waals surface area contributed by atoms with Crippen LogP contribution in [0.2, 0.25) is 0 Å². The monoisotopic (exact) mass is 2050 g/mol. The van der Waals surface area contributed by atoms with E-state index in [9.17, 15) is 13.6 Å². The molecule has 842 valence electrons. The van der Waals surface area contributed by atoms with Crippen molar-refractivity contribution in [1.82, 2.24) is 0 Å². The van der Waals surface area contributed by atoms with Gasteiger partial charge in [-0.15, -0.1) is 0 Å². The second-order valence-corrected chi connectivity index (χ2v) is 60.7. The molecule has 6 aromatic rings. The average Bonchev–Trinajstić information content (AvgIpc) is 0.707. The molecule has 3 unspecified atom stereocenters. The molecule has 0 radical (unpaired) electrons. The summed E-state index contributed by atoms with van der Waals surface area (Å²) >= 11 is 0. The van der Waals surface area contributed by atoms with Gasteiger partial charge in [-0.25, -0.2) is 0 Å². The Morgan fingerprint density at radius 1 is 0.155 bits per heavy atom. The summed E-state index contributed by atoms with van der Waals surface area (Å²) < 4.78 is 31.0. The van der Waals surface area contributed by atoms with Crippen molar-refractivity contribution in [1.29, 1.82) is 0 Å². The minimum Gasteiger partial charge on any atom is -0.295 e. The SMILES string of the molecule is CCCCCCCCCCCCCCCCC(CC)C(OP(OC(c1ccc(C(C)(C)C)cc1C(C)(C)C)(c1ccc(C(C)(C)C)cc1C(C)(C)C)C(CC)CCCCCCCCCCCCCCCC)OC(c1ccc(C(C)(C)C)cc1C(C)(C)C)(c1ccc(C(C)(C)C)cc1C(C)(C)C)C(CC)CCCCCCCCCCCCCCCC)(c1ccc(C(C)(C)C)cc1C(C)(C)C)c1ccc(C(C)(C)C)cc1C(C)(C)C. The molecule has 0 saturated carbocycles. The predicted octanol–water partition coefficient (Wildman–Crippen LogP) is 47.4. The minimum atomic E-state index is -2.76. The Balaban J connectivity index is 2.11. The summed E-state index contributed by atoms with van der Waals surface area (Å²) in [6.07, 6.45) is 60.4. The van der Waals surface area contributed by atoms with E-state index in [0.29, 0.717) is 0 Å². The van der Waals surface area contributed by atoms with Gasteiger partial charge in [-0.2, -0.15) is 0 Å². The Morgan fingerprint density at radius 2 is 0.277 bits per heavy atom. The van der Waals surface area contributed by atoms with E-state index >= 15 is 0 Å². The van der Waals surface area contributed by atoms with Crippen molar-refractivity contribution in [2.75, 3.05) is 0 Å². The molecule has 0 amide bonds. The van der Waals surface area contributed by atoms with Gasteiger partial charge in [0.25, 0.3) is 0 Å². The first-order valence-electron chi connectivity index (χ1n) is 62.6. The van der Waals surface area contributed by atoms with Crippen molar-refractivity contribution >= 4 is 8.60 Å². The van der Waals surface area contributed by atoms with Crippen LogP contribution in [0, 0.1) is 17.8 Å². The highest BCUT2D eigenvalue weighted by Gasteiger charge is 2.59. The minimum absolute atomic E-state index is 0.0936. The lowest BCUT2D eigenvalue weighted by atomic mass is 9.64. The molecule has 0 aromatic heterocycles. The third kappa shape index (κ3) is 38.8. The molecule has 0 aliphatic heterocycles. The second-order valence-electron chi connectivity index (χ2n) is 59.7. The van der Waals surface area contributed by atoms with Crippen LogP contribution < -0.4 is 0 Å². The molecule has 0 N–H and O–H groups in total. The molecule has 0 spiro atoms. The molecule has 3 nitrogen and oxygen atoms in total. The van der Waals surface area contributed by atoms with Gasteiger partial charge in [-0.3, -0.25) is 13.6 Å². The van der Waals surface area contributed by atoms with Crippen molar-refractivity contribution in [3.05, 3.63) is 209 Å². The van der Waals surface area contributed by atoms with Crippen LogP contribution in [0.25, 0.3) is 0 Å². The first kappa shape index (κ1) is 132. The Bertz CT molecular complexity index is 4060. The van der Waals surface area contributed by atoms with E-state index in [4.69, 9.17) is 0 Å². The highest BCUT2D eigenvalue weighted by molar-refractivity contribution is 7.41. The molecule has 0 saturated heterocycles. The molecular formula is C144H243O3P. The number of benzene rings is 6. The van der Waals surface area contributed by atoms with Crippen LogP contribution in [0.1, 0.15) is 699 Å². The van der Waals surface area contributed by atoms with Crippen LogP contribution in [0.15, 0.2) is 109 Å². The van der Waals surface area contributed by atoms with Gasteiger partial charge in [0.05, 0.1) is 0 Å². The Kier molecular flexibility index (Phi) is 52.5. The largest absolute Gasteiger partial charge is 0.336 e. The molecule has 0 fully saturated rings. The number of hydrogen-bond acceptors (Lipinski definition) is 3. The average molecular weight is 2050 g/mol. The van der Waals surface area contributed by atoms with Gasteiger partial charge in [0, 0.05) is 0 Å². The third-order valence-corrected chi connectivity index (χ3v) is 35.5. The predicted molar refractivity (Wildman–Crippen MR) is 662 cm³/mol. The molecule has 0 bridgehead atoms. The van der Waals surface area contributed by atoms with Crippen molar-refractivity contribution in [3.63, 3.8) is 0 Å². The molecule has 6 rings (SSSR count). The smallest absolute Gasteiger partial charge is 0.295 e. The lowest BCUT2D eigenvalue weighted by molar-refractivity contribution is -0.0711. The zero-order valence-corrected chi connectivity index (χ0v) is 107. The summed E-state index contributed by atoms with van der Waals surface area (Å²) in [7, 11) is -2.76. The Hall–Kier alpha value is -4.37. The number of hydrogen-bond donors (Lipinski definition) is 0. The molecule has 0 aliphatic rings. The zero-order valence-electron chi connectivity index (χ0n) is 106. The molecule has 148 heavy (non-hydrogen) atoms. The van der Waals surface area contributed by atoms with E-state index in [-0.39, 0.29) is 82.7 Å². The van der Waals surface area contributed by atoms with E-state index in [1.807, 2.05) is 0 Å². The maximum Gasteiger partial charge on any atom is 0.336 e. The fourth-order valence-corrected chi connectivity index (χ4v) is 26.1. The van der Waals surface area contributed by atoms with Crippen molar-refractivity contribution in [2.24, 2.45) is 17.8 Å². The van der Waals surface area contributed by atoms with E-state index in [1.165, 1.54) is 331 Å². The van der Waals surface area contributed by atoms with Crippen LogP contribution in [0.4, 0.5) is 0 Å². The molecule has 4 heteroatoms. The van der Waals surface area contributed by atoms with Crippen LogP contribution in [-0.4, -0.2) is 0 Å². The maximum atomic E-state index is 10.3. The topological polar surface area (TPSA) is 27.7 Å². The Labute approximate surface area is 923 Å². The van der Waals surface area contributed by atoms with Gasteiger partial charge in [-0.05, 0) is 221 Å². The lowest BCUT2D eigenvalue weighted by Crippen LogP contribution is -2.47. The maximum absolute atomic E-state index is 10.3. The van der Waals surface area contributed by atoms with Crippen LogP contribution in [-0.2, 0) is 95.4 Å². The lowest BCUT2D eigenvalue weighted by Gasteiger charge is -2.53. The first-order valence-corrected chi connectivity index (χ1v) is 63.7. The van der Waals surface area contributed by atoms with Crippen molar-refractivity contribution < 1.29 is 13.6 Å². The fraction of sp³-hybridized carbons (Fsp3) is 0.750. The van der Waals surface area contributed by atoms with Crippen LogP contribution >= 0.6 is 8.60 Å². The summed E-state index contributed by atoms with van der Waals surface area (Å²) in [4.78, 5) is 0. The van der Waals surface area contributed by atoms with Crippen molar-refractivity contribution in [2.45, 2.75) is 681 Å². The highest BCUT2D eigenvalue weighted by atomic mass is 31.2. The molecule has 0 aliphatic carbocycles. The normalized spacial score (nSPS) is 14.5. The van der Waals surface area contributed by atoms with Gasteiger partial charge in [0.1, 0.15) is 16.8 Å². The van der Waals surface area contributed by atoms with Gasteiger partial charge >= 0.3 is 8.60 Å². The highest BCUT2D eigenvalue weighted by Crippen LogP contribution is 2.69. The van der Waals surface area contributed by atoms with E-state index in [1.54, 1.807) is 0 Å². The Morgan fingerprint density at radius 3 is 0.385 bits per heavy atom. The quantitative estimate of drug-likeness (QED) is 0.0281. The summed E-state index contributed by atoms with van der Waals surface area (Å²) in [5.41, 5.74) is 16.5. The summed E-state index contributed by atoms with van der Waals surface area (Å²) in [5, 5.41) is 0. The first-order chi connectivity index (χ1) is 68.8. The van der Waals surface area contributed by atoms with Gasteiger partial charge < -0.3 is 0 Å². The molecular weight excluding hydrogens is 1810 g/mol. The van der Waals surface area contributed by atoms with Gasteiger partial charge in [0.15, 0.2) is 0 Å². The van der Waals surface area contributed by atoms with Crippen LogP contribution in [0.5, 0.6) is 0 Å².